The number of nitrogens with zero attached hydrogens (tertiary/aromatic N) is 1. The zero-order valence-electron chi connectivity index (χ0n) is 11.6. The van der Waals surface area contributed by atoms with Crippen molar-refractivity contribution in [2.45, 2.75) is 4.90 Å². The van der Waals surface area contributed by atoms with Gasteiger partial charge in [0, 0.05) is 11.5 Å². The van der Waals surface area contributed by atoms with Crippen LogP contribution in [0.15, 0.2) is 29.2 Å². The Morgan fingerprint density at radius 1 is 1.26 bits per heavy atom. The van der Waals surface area contributed by atoms with E-state index in [1.54, 1.807) is 0 Å². The molecule has 9 nitrogen and oxygen atoms in total. The van der Waals surface area contributed by atoms with Gasteiger partial charge in [0.05, 0.1) is 26.5 Å². The molecule has 0 bridgehead atoms. The van der Waals surface area contributed by atoms with Crippen molar-refractivity contribution in [3.8, 4) is 0 Å². The number of Topliss-reactive ketones (excluding diaryl/α,β-unsaturated/α-hetero) is 1. The maximum atomic E-state index is 12.1. The van der Waals surface area contributed by atoms with E-state index in [4.69, 9.17) is 0 Å². The topological polar surface area (TPSA) is 135 Å². The number of fused-ring (bicyclic) bond motifs is 3. The third-order valence-electron chi connectivity index (χ3n) is 3.55. The van der Waals surface area contributed by atoms with E-state index in [2.05, 4.69) is 10.0 Å². The van der Waals surface area contributed by atoms with Gasteiger partial charge >= 0.3 is 0 Å². The molecule has 0 saturated carbocycles. The second-order valence-corrected chi connectivity index (χ2v) is 6.60. The zero-order chi connectivity index (χ0) is 16.9. The fourth-order valence-electron chi connectivity index (χ4n) is 2.51. The molecular weight excluding hydrogens is 326 g/mol. The molecule has 1 aliphatic rings. The molecule has 2 aromatic rings. The number of sulfonamides is 1. The van der Waals surface area contributed by atoms with Gasteiger partial charge in [0.15, 0.2) is 0 Å². The fraction of sp³-hybridized carbons (Fsp3) is 0.0769. The highest BCUT2D eigenvalue weighted by atomic mass is 32.2. The molecule has 3 rings (SSSR count). The standard InChI is InChI=1S/C13H9N3O6S/c1-14-23(21,22)9-4-2-3-6-10(9)8(16(19)20)5-7-11(6)15-13(18)12(7)17/h2-5,14H,1H3,(H,15,17,18). The number of benzene rings is 2. The molecule has 0 aromatic heterocycles. The van der Waals surface area contributed by atoms with E-state index in [0.717, 1.165) is 6.07 Å². The highest BCUT2D eigenvalue weighted by Gasteiger charge is 2.35. The number of nitro groups is 1. The molecular formula is C13H9N3O6S. The number of amides is 1. The van der Waals surface area contributed by atoms with Crippen LogP contribution in [0, 0.1) is 10.1 Å². The predicted molar refractivity (Wildman–Crippen MR) is 79.8 cm³/mol. The minimum Gasteiger partial charge on any atom is -0.318 e. The summed E-state index contributed by atoms with van der Waals surface area (Å²) in [5.41, 5.74) is -0.625. The lowest BCUT2D eigenvalue weighted by atomic mass is 10.0. The van der Waals surface area contributed by atoms with E-state index in [-0.39, 0.29) is 26.9 Å². The molecule has 0 fully saturated rings. The van der Waals surface area contributed by atoms with Crippen LogP contribution >= 0.6 is 0 Å². The Balaban J connectivity index is 2.54. The lowest BCUT2D eigenvalue weighted by molar-refractivity contribution is -0.383. The van der Waals surface area contributed by atoms with Crippen LogP contribution in [0.1, 0.15) is 10.4 Å². The van der Waals surface area contributed by atoms with Gasteiger partial charge in [0.25, 0.3) is 17.4 Å². The van der Waals surface area contributed by atoms with Crippen LogP contribution in [0.5, 0.6) is 0 Å². The van der Waals surface area contributed by atoms with Crippen molar-refractivity contribution in [3.05, 3.63) is 39.9 Å². The molecule has 0 saturated heterocycles. The summed E-state index contributed by atoms with van der Waals surface area (Å²) in [6, 6.07) is 4.93. The van der Waals surface area contributed by atoms with Gasteiger partial charge in [-0.05, 0) is 13.1 Å². The molecule has 1 aliphatic heterocycles. The Hall–Kier alpha value is -2.85. The number of hydrogen-bond donors (Lipinski definition) is 2. The molecule has 1 amide bonds. The van der Waals surface area contributed by atoms with Crippen LogP contribution < -0.4 is 10.0 Å². The Bertz CT molecular complexity index is 1010. The first-order chi connectivity index (χ1) is 10.8. The first kappa shape index (κ1) is 15.1. The van der Waals surface area contributed by atoms with Crippen molar-refractivity contribution < 1.29 is 22.9 Å². The quantitative estimate of drug-likeness (QED) is 0.483. The normalized spacial score (nSPS) is 14.0. The van der Waals surface area contributed by atoms with E-state index >= 15 is 0 Å². The van der Waals surface area contributed by atoms with Gasteiger partial charge in [-0.3, -0.25) is 19.7 Å². The van der Waals surface area contributed by atoms with E-state index in [1.165, 1.54) is 25.2 Å². The Morgan fingerprint density at radius 3 is 2.57 bits per heavy atom. The number of nitro benzene ring substituents is 1. The smallest absolute Gasteiger partial charge is 0.296 e. The minimum atomic E-state index is -3.98. The van der Waals surface area contributed by atoms with Crippen molar-refractivity contribution in [1.82, 2.24) is 4.72 Å². The van der Waals surface area contributed by atoms with E-state index < -0.39 is 32.3 Å². The summed E-state index contributed by atoms with van der Waals surface area (Å²) in [6.45, 7) is 0. The van der Waals surface area contributed by atoms with Crippen LogP contribution in [-0.4, -0.2) is 32.1 Å². The van der Waals surface area contributed by atoms with Crippen molar-refractivity contribution >= 4 is 43.9 Å². The van der Waals surface area contributed by atoms with E-state index in [1.807, 2.05) is 0 Å². The van der Waals surface area contributed by atoms with Gasteiger partial charge in [-0.15, -0.1) is 0 Å². The molecule has 0 spiro atoms. The summed E-state index contributed by atoms with van der Waals surface area (Å²) in [7, 11) is -2.80. The molecule has 118 valence electrons. The first-order valence-corrected chi connectivity index (χ1v) is 7.79. The highest BCUT2D eigenvalue weighted by Crippen LogP contribution is 2.40. The molecule has 0 radical (unpaired) electrons. The number of carbonyl (C=O) groups is 2. The molecule has 0 aliphatic carbocycles. The fourth-order valence-corrected chi connectivity index (χ4v) is 3.47. The summed E-state index contributed by atoms with van der Waals surface area (Å²) in [5, 5.41) is 13.6. The lowest BCUT2D eigenvalue weighted by Gasteiger charge is -2.10. The second kappa shape index (κ2) is 4.83. The van der Waals surface area contributed by atoms with Gasteiger partial charge in [0.2, 0.25) is 10.0 Å². The van der Waals surface area contributed by atoms with Crippen molar-refractivity contribution in [2.75, 3.05) is 12.4 Å². The number of anilines is 1. The van der Waals surface area contributed by atoms with Crippen molar-refractivity contribution in [1.29, 1.82) is 0 Å². The zero-order valence-corrected chi connectivity index (χ0v) is 12.4. The summed E-state index contributed by atoms with van der Waals surface area (Å²) < 4.78 is 26.4. The number of hydrogen-bond acceptors (Lipinski definition) is 6. The molecule has 10 heteroatoms. The van der Waals surface area contributed by atoms with Crippen LogP contribution in [0.4, 0.5) is 11.4 Å². The van der Waals surface area contributed by atoms with Gasteiger partial charge in [0.1, 0.15) is 0 Å². The average molecular weight is 335 g/mol. The van der Waals surface area contributed by atoms with Gasteiger partial charge in [-0.1, -0.05) is 12.1 Å². The van der Waals surface area contributed by atoms with Gasteiger partial charge < -0.3 is 5.32 Å². The number of rotatable bonds is 3. The molecule has 2 aromatic carbocycles. The third kappa shape index (κ3) is 2.07. The highest BCUT2D eigenvalue weighted by molar-refractivity contribution is 7.89. The van der Waals surface area contributed by atoms with Crippen LogP contribution in [0.3, 0.4) is 0 Å². The second-order valence-electron chi connectivity index (χ2n) is 4.74. The van der Waals surface area contributed by atoms with Gasteiger partial charge in [-0.2, -0.15) is 0 Å². The minimum absolute atomic E-state index is 0.0775. The van der Waals surface area contributed by atoms with Crippen LogP contribution in [0.2, 0.25) is 0 Å². The third-order valence-corrected chi connectivity index (χ3v) is 5.00. The molecule has 23 heavy (non-hydrogen) atoms. The van der Waals surface area contributed by atoms with E-state index in [0.29, 0.717) is 0 Å². The Kier molecular flexibility index (Phi) is 3.16. The van der Waals surface area contributed by atoms with Gasteiger partial charge in [-0.25, -0.2) is 13.1 Å². The number of nitrogens with one attached hydrogen (secondary N) is 2. The summed E-state index contributed by atoms with van der Waals surface area (Å²) >= 11 is 0. The van der Waals surface area contributed by atoms with Crippen molar-refractivity contribution in [2.24, 2.45) is 0 Å². The summed E-state index contributed by atoms with van der Waals surface area (Å²) in [4.78, 5) is 33.6. The molecule has 1 heterocycles. The number of carbonyl (C=O) groups excluding carboxylic acids is 2. The first-order valence-electron chi connectivity index (χ1n) is 6.31. The Morgan fingerprint density at radius 2 is 1.96 bits per heavy atom. The van der Waals surface area contributed by atoms with Crippen molar-refractivity contribution in [3.63, 3.8) is 0 Å². The summed E-state index contributed by atoms with van der Waals surface area (Å²) in [6.07, 6.45) is 0. The predicted octanol–water partition coefficient (Wildman–Crippen LogP) is 0.791. The van der Waals surface area contributed by atoms with E-state index in [9.17, 15) is 28.1 Å². The lowest BCUT2D eigenvalue weighted by Crippen LogP contribution is -2.19. The average Bonchev–Trinajstić information content (AvgIpc) is 2.81. The molecule has 0 unspecified atom stereocenters. The SMILES string of the molecule is CNS(=O)(=O)c1cccc2c3c(cc([N+](=O)[O-])c12)C(=O)C(=O)N3. The monoisotopic (exact) mass is 335 g/mol. The molecule has 2 N–H and O–H groups in total. The van der Waals surface area contributed by atoms with Crippen LogP contribution in [0.25, 0.3) is 10.8 Å². The van der Waals surface area contributed by atoms with Crippen LogP contribution in [-0.2, 0) is 14.8 Å². The largest absolute Gasteiger partial charge is 0.318 e. The Labute approximate surface area is 129 Å². The number of non-ortho nitro benzene ring substituents is 1. The number of ketones is 1. The maximum Gasteiger partial charge on any atom is 0.296 e. The maximum absolute atomic E-state index is 12.1. The molecule has 0 atom stereocenters. The summed E-state index contributed by atoms with van der Waals surface area (Å²) in [5.74, 6) is -1.81.